The Morgan fingerprint density at radius 3 is 2.53 bits per heavy atom. The van der Waals surface area contributed by atoms with Crippen LogP contribution in [0.15, 0.2) is 0 Å². The van der Waals surface area contributed by atoms with Crippen molar-refractivity contribution >= 4 is 5.97 Å². The Morgan fingerprint density at radius 2 is 2.00 bits per heavy atom. The van der Waals surface area contributed by atoms with Crippen LogP contribution in [0.5, 0.6) is 0 Å². The summed E-state index contributed by atoms with van der Waals surface area (Å²) in [5.41, 5.74) is -0.381. The van der Waals surface area contributed by atoms with E-state index in [1.54, 1.807) is 0 Å². The molecule has 2 fully saturated rings. The van der Waals surface area contributed by atoms with E-state index in [2.05, 4.69) is 10.2 Å². The number of ether oxygens (including phenoxy) is 1. The van der Waals surface area contributed by atoms with Crippen LogP contribution in [0.3, 0.4) is 0 Å². The molecule has 0 aromatic rings. The Balaban J connectivity index is 1.80. The number of nitrogens with one attached hydrogen (secondary N) is 1. The van der Waals surface area contributed by atoms with Gasteiger partial charge in [-0.2, -0.15) is 0 Å². The molecule has 1 aliphatic carbocycles. The largest absolute Gasteiger partial charge is 0.459 e. The molecule has 1 N–H and O–H groups in total. The number of carbonyl (C=O) groups excluding carboxylic acids is 1. The van der Waals surface area contributed by atoms with Gasteiger partial charge in [0.2, 0.25) is 0 Å². The number of nitrogens with zero attached hydrogens (tertiary/aromatic N) is 1. The van der Waals surface area contributed by atoms with Crippen molar-refractivity contribution in [3.63, 3.8) is 0 Å². The van der Waals surface area contributed by atoms with Gasteiger partial charge >= 0.3 is 5.97 Å². The van der Waals surface area contributed by atoms with Crippen molar-refractivity contribution in [2.24, 2.45) is 5.92 Å². The molecule has 4 nitrogen and oxygen atoms in total. The van der Waals surface area contributed by atoms with Crippen LogP contribution in [0, 0.1) is 5.92 Å². The van der Waals surface area contributed by atoms with Gasteiger partial charge in [0.05, 0.1) is 6.54 Å². The molecule has 1 heterocycles. The van der Waals surface area contributed by atoms with Crippen LogP contribution < -0.4 is 5.32 Å². The van der Waals surface area contributed by atoms with Gasteiger partial charge in [0.1, 0.15) is 5.60 Å². The molecule has 1 unspecified atom stereocenters. The second-order valence-corrected chi connectivity index (χ2v) is 7.02. The monoisotopic (exact) mass is 268 g/mol. The zero-order valence-electron chi connectivity index (χ0n) is 12.6. The molecule has 4 heteroatoms. The average Bonchev–Trinajstić information content (AvgIpc) is 2.90. The zero-order chi connectivity index (χ0) is 13.9. The van der Waals surface area contributed by atoms with Gasteiger partial charge < -0.3 is 10.1 Å². The summed E-state index contributed by atoms with van der Waals surface area (Å²) >= 11 is 0. The molecular formula is C15H28N2O2. The highest BCUT2D eigenvalue weighted by Crippen LogP contribution is 2.30. The van der Waals surface area contributed by atoms with Crippen molar-refractivity contribution in [1.82, 2.24) is 10.2 Å². The van der Waals surface area contributed by atoms with Gasteiger partial charge in [0.15, 0.2) is 0 Å². The van der Waals surface area contributed by atoms with Gasteiger partial charge in [-0.25, -0.2) is 0 Å². The highest BCUT2D eigenvalue weighted by molar-refractivity contribution is 5.72. The predicted octanol–water partition coefficient (Wildman–Crippen LogP) is 1.79. The summed E-state index contributed by atoms with van der Waals surface area (Å²) in [4.78, 5) is 14.2. The molecule has 0 amide bonds. The number of rotatable bonds is 6. The molecule has 0 bridgehead atoms. The summed E-state index contributed by atoms with van der Waals surface area (Å²) in [5.74, 6) is 0.718. The summed E-state index contributed by atoms with van der Waals surface area (Å²) in [6.07, 6.45) is 5.13. The van der Waals surface area contributed by atoms with Crippen molar-refractivity contribution in [3.8, 4) is 0 Å². The van der Waals surface area contributed by atoms with E-state index < -0.39 is 0 Å². The zero-order valence-corrected chi connectivity index (χ0v) is 12.6. The predicted molar refractivity (Wildman–Crippen MR) is 76.0 cm³/mol. The van der Waals surface area contributed by atoms with Crippen LogP contribution in [-0.4, -0.2) is 48.7 Å². The Morgan fingerprint density at radius 1 is 1.26 bits per heavy atom. The third kappa shape index (κ3) is 5.91. The highest BCUT2D eigenvalue weighted by atomic mass is 16.6. The number of carbonyl (C=O) groups is 1. The molecule has 2 rings (SSSR count). The lowest BCUT2D eigenvalue weighted by atomic mass is 10.2. The first kappa shape index (κ1) is 14.8. The Hall–Kier alpha value is -0.610. The topological polar surface area (TPSA) is 41.6 Å². The maximum absolute atomic E-state index is 12.0. The van der Waals surface area contributed by atoms with Gasteiger partial charge in [-0.1, -0.05) is 0 Å². The third-order valence-electron chi connectivity index (χ3n) is 3.63. The van der Waals surface area contributed by atoms with Crippen molar-refractivity contribution in [3.05, 3.63) is 0 Å². The average molecular weight is 268 g/mol. The summed E-state index contributed by atoms with van der Waals surface area (Å²) in [6, 6.07) is 0.557. The van der Waals surface area contributed by atoms with E-state index in [1.165, 1.54) is 25.7 Å². The lowest BCUT2D eigenvalue weighted by Crippen LogP contribution is -2.42. The second-order valence-electron chi connectivity index (χ2n) is 7.02. The van der Waals surface area contributed by atoms with Crippen LogP contribution >= 0.6 is 0 Å². The summed E-state index contributed by atoms with van der Waals surface area (Å²) in [7, 11) is 0. The van der Waals surface area contributed by atoms with Crippen molar-refractivity contribution in [1.29, 1.82) is 0 Å². The first-order valence-electron chi connectivity index (χ1n) is 7.60. The lowest BCUT2D eigenvalue weighted by Gasteiger charge is -2.27. The molecule has 1 aliphatic heterocycles. The van der Waals surface area contributed by atoms with Crippen LogP contribution in [-0.2, 0) is 9.53 Å². The van der Waals surface area contributed by atoms with E-state index >= 15 is 0 Å². The normalized spacial score (nSPS) is 23.9. The van der Waals surface area contributed by atoms with Gasteiger partial charge in [-0.15, -0.1) is 0 Å². The standard InChI is InChI=1S/C15H28N2O2/c1-15(2,3)19-14(18)11-17(9-12-6-7-12)10-13-5-4-8-16-13/h12-13,16H,4-11H2,1-3H3. The number of hydrogen-bond donors (Lipinski definition) is 1. The third-order valence-corrected chi connectivity index (χ3v) is 3.63. The van der Waals surface area contributed by atoms with Gasteiger partial charge in [0.25, 0.3) is 0 Å². The van der Waals surface area contributed by atoms with Gasteiger partial charge in [-0.3, -0.25) is 9.69 Å². The molecule has 1 atom stereocenters. The van der Waals surface area contributed by atoms with E-state index in [0.717, 1.165) is 25.6 Å². The molecule has 0 aromatic carbocycles. The highest BCUT2D eigenvalue weighted by Gasteiger charge is 2.28. The quantitative estimate of drug-likeness (QED) is 0.746. The minimum absolute atomic E-state index is 0.0915. The van der Waals surface area contributed by atoms with E-state index in [1.807, 2.05) is 20.8 Å². The fraction of sp³-hybridized carbons (Fsp3) is 0.933. The fourth-order valence-corrected chi connectivity index (χ4v) is 2.65. The van der Waals surface area contributed by atoms with E-state index in [9.17, 15) is 4.79 Å². The molecule has 19 heavy (non-hydrogen) atoms. The molecule has 110 valence electrons. The van der Waals surface area contributed by atoms with E-state index in [4.69, 9.17) is 4.74 Å². The molecular weight excluding hydrogens is 240 g/mol. The maximum atomic E-state index is 12.0. The Kier molecular flexibility index (Phi) is 4.85. The summed E-state index contributed by atoms with van der Waals surface area (Å²) in [5, 5.41) is 3.51. The van der Waals surface area contributed by atoms with Crippen molar-refractivity contribution in [2.45, 2.75) is 58.1 Å². The maximum Gasteiger partial charge on any atom is 0.320 e. The van der Waals surface area contributed by atoms with Gasteiger partial charge in [0, 0.05) is 19.1 Å². The van der Waals surface area contributed by atoms with E-state index in [-0.39, 0.29) is 11.6 Å². The summed E-state index contributed by atoms with van der Waals surface area (Å²) in [6.45, 7) is 9.37. The van der Waals surface area contributed by atoms with E-state index in [0.29, 0.717) is 12.6 Å². The summed E-state index contributed by atoms with van der Waals surface area (Å²) < 4.78 is 5.43. The lowest BCUT2D eigenvalue weighted by molar-refractivity contribution is -0.156. The fourth-order valence-electron chi connectivity index (χ4n) is 2.65. The smallest absolute Gasteiger partial charge is 0.320 e. The van der Waals surface area contributed by atoms with Crippen molar-refractivity contribution in [2.75, 3.05) is 26.2 Å². The molecule has 1 saturated heterocycles. The first-order chi connectivity index (χ1) is 8.92. The number of hydrogen-bond acceptors (Lipinski definition) is 4. The molecule has 0 aromatic heterocycles. The number of esters is 1. The Bertz CT molecular complexity index is 302. The van der Waals surface area contributed by atoms with Crippen LogP contribution in [0.4, 0.5) is 0 Å². The first-order valence-corrected chi connectivity index (χ1v) is 7.60. The van der Waals surface area contributed by atoms with Crippen molar-refractivity contribution < 1.29 is 9.53 Å². The molecule has 1 saturated carbocycles. The minimum Gasteiger partial charge on any atom is -0.459 e. The molecule has 2 aliphatic rings. The van der Waals surface area contributed by atoms with Crippen LogP contribution in [0.1, 0.15) is 46.5 Å². The van der Waals surface area contributed by atoms with Crippen LogP contribution in [0.2, 0.25) is 0 Å². The molecule has 0 spiro atoms. The SMILES string of the molecule is CC(C)(C)OC(=O)CN(CC1CC1)CC1CCCN1. The second kappa shape index (κ2) is 6.23. The Labute approximate surface area is 116 Å². The molecule has 0 radical (unpaired) electrons. The van der Waals surface area contributed by atoms with Crippen LogP contribution in [0.25, 0.3) is 0 Å². The minimum atomic E-state index is -0.381. The van der Waals surface area contributed by atoms with Gasteiger partial charge in [-0.05, 0) is 58.9 Å².